The summed E-state index contributed by atoms with van der Waals surface area (Å²) in [5, 5.41) is 7.33. The standard InChI is InChI=1S/C19H21N5O5S/c1-20-16(25)8-12-11-30-18(21-12)22-17(26)10-23-4-5-24(19(23)27)13-2-3-14-15(9-13)29-7-6-28-14/h2-3,9,11H,4-8,10H2,1H3,(H,20,25)(H,21,22,26). The Bertz CT molecular complexity index is 978. The van der Waals surface area contributed by atoms with Crippen LogP contribution in [0.4, 0.5) is 15.6 Å². The van der Waals surface area contributed by atoms with Crippen LogP contribution in [0, 0.1) is 0 Å². The number of benzene rings is 1. The molecule has 2 aromatic rings. The molecule has 2 aliphatic heterocycles. The van der Waals surface area contributed by atoms with Crippen molar-refractivity contribution in [2.75, 3.05) is 50.1 Å². The van der Waals surface area contributed by atoms with Crippen LogP contribution in [0.5, 0.6) is 11.5 Å². The number of urea groups is 1. The van der Waals surface area contributed by atoms with Crippen LogP contribution in [-0.4, -0.2) is 67.6 Å². The van der Waals surface area contributed by atoms with E-state index in [0.717, 1.165) is 0 Å². The first-order valence-electron chi connectivity index (χ1n) is 9.44. The molecule has 4 rings (SSSR count). The van der Waals surface area contributed by atoms with Crippen LogP contribution in [0.2, 0.25) is 0 Å². The molecule has 30 heavy (non-hydrogen) atoms. The van der Waals surface area contributed by atoms with E-state index >= 15 is 0 Å². The van der Waals surface area contributed by atoms with Gasteiger partial charge in [0, 0.05) is 37.3 Å². The number of hydrogen-bond acceptors (Lipinski definition) is 7. The highest BCUT2D eigenvalue weighted by Gasteiger charge is 2.31. The molecule has 0 bridgehead atoms. The van der Waals surface area contributed by atoms with Gasteiger partial charge < -0.3 is 25.0 Å². The van der Waals surface area contributed by atoms with E-state index in [-0.39, 0.29) is 30.8 Å². The maximum atomic E-state index is 12.8. The lowest BCUT2D eigenvalue weighted by Crippen LogP contribution is -2.37. The number of carbonyl (C=O) groups is 3. The Hall–Kier alpha value is -3.34. The van der Waals surface area contributed by atoms with Crippen molar-refractivity contribution in [3.63, 3.8) is 0 Å². The van der Waals surface area contributed by atoms with E-state index < -0.39 is 0 Å². The van der Waals surface area contributed by atoms with Gasteiger partial charge in [-0.15, -0.1) is 11.3 Å². The van der Waals surface area contributed by atoms with E-state index in [1.165, 1.54) is 16.2 Å². The summed E-state index contributed by atoms with van der Waals surface area (Å²) in [7, 11) is 1.55. The summed E-state index contributed by atoms with van der Waals surface area (Å²) < 4.78 is 11.1. The van der Waals surface area contributed by atoms with Gasteiger partial charge in [0.2, 0.25) is 11.8 Å². The van der Waals surface area contributed by atoms with Crippen LogP contribution in [0.3, 0.4) is 0 Å². The van der Waals surface area contributed by atoms with Gasteiger partial charge in [-0.25, -0.2) is 9.78 Å². The number of nitrogens with one attached hydrogen (secondary N) is 2. The number of likely N-dealkylation sites (N-methyl/N-ethyl adjacent to an activating group) is 1. The predicted molar refractivity (Wildman–Crippen MR) is 110 cm³/mol. The van der Waals surface area contributed by atoms with Crippen LogP contribution >= 0.6 is 11.3 Å². The zero-order chi connectivity index (χ0) is 21.1. The average molecular weight is 431 g/mol. The summed E-state index contributed by atoms with van der Waals surface area (Å²) >= 11 is 1.24. The quantitative estimate of drug-likeness (QED) is 0.708. The van der Waals surface area contributed by atoms with Crippen molar-refractivity contribution >= 4 is 40.0 Å². The Morgan fingerprint density at radius 2 is 1.97 bits per heavy atom. The molecule has 0 radical (unpaired) electrons. The molecule has 1 saturated heterocycles. The monoisotopic (exact) mass is 431 g/mol. The molecule has 1 fully saturated rings. The third kappa shape index (κ3) is 4.30. The molecule has 2 aliphatic rings. The van der Waals surface area contributed by atoms with Crippen LogP contribution in [0.1, 0.15) is 5.69 Å². The van der Waals surface area contributed by atoms with Gasteiger partial charge in [0.25, 0.3) is 0 Å². The Kier molecular flexibility index (Phi) is 5.70. The number of thiazole rings is 1. The number of anilines is 2. The van der Waals surface area contributed by atoms with Crippen molar-refractivity contribution < 1.29 is 23.9 Å². The fraction of sp³-hybridized carbons (Fsp3) is 0.368. The van der Waals surface area contributed by atoms with Crippen molar-refractivity contribution in [2.24, 2.45) is 0 Å². The average Bonchev–Trinajstić information content (AvgIpc) is 3.33. The van der Waals surface area contributed by atoms with Gasteiger partial charge in [0.1, 0.15) is 19.8 Å². The highest BCUT2D eigenvalue weighted by Crippen LogP contribution is 2.35. The van der Waals surface area contributed by atoms with E-state index in [1.807, 2.05) is 0 Å². The SMILES string of the molecule is CNC(=O)Cc1csc(NC(=O)CN2CCN(c3ccc4c(c3)OCCO4)C2=O)n1. The Labute approximate surface area is 176 Å². The summed E-state index contributed by atoms with van der Waals surface area (Å²) in [6.45, 7) is 1.80. The molecule has 0 saturated carbocycles. The van der Waals surface area contributed by atoms with E-state index in [1.54, 1.807) is 35.5 Å². The largest absolute Gasteiger partial charge is 0.486 e. The zero-order valence-electron chi connectivity index (χ0n) is 16.3. The highest BCUT2D eigenvalue weighted by atomic mass is 32.1. The summed E-state index contributed by atoms with van der Waals surface area (Å²) in [5.74, 6) is 0.777. The molecule has 11 heteroatoms. The lowest BCUT2D eigenvalue weighted by molar-refractivity contribution is -0.120. The van der Waals surface area contributed by atoms with Crippen LogP contribution < -0.4 is 25.0 Å². The molecule has 158 valence electrons. The van der Waals surface area contributed by atoms with Crippen molar-refractivity contribution in [1.82, 2.24) is 15.2 Å². The normalized spacial score (nSPS) is 15.3. The van der Waals surface area contributed by atoms with Gasteiger partial charge in [0.15, 0.2) is 16.6 Å². The van der Waals surface area contributed by atoms with Gasteiger partial charge >= 0.3 is 6.03 Å². The fourth-order valence-electron chi connectivity index (χ4n) is 3.20. The number of fused-ring (bicyclic) bond motifs is 1. The second-order valence-electron chi connectivity index (χ2n) is 6.73. The Morgan fingerprint density at radius 1 is 1.17 bits per heavy atom. The smallest absolute Gasteiger partial charge is 0.325 e. The van der Waals surface area contributed by atoms with E-state index in [9.17, 15) is 14.4 Å². The number of carbonyl (C=O) groups excluding carboxylic acids is 3. The van der Waals surface area contributed by atoms with Gasteiger partial charge in [-0.3, -0.25) is 14.5 Å². The second kappa shape index (κ2) is 8.57. The molecule has 3 heterocycles. The Balaban J connectivity index is 1.34. The number of ether oxygens (including phenoxy) is 2. The molecular weight excluding hydrogens is 410 g/mol. The molecule has 2 N–H and O–H groups in total. The molecule has 0 aliphatic carbocycles. The summed E-state index contributed by atoms with van der Waals surface area (Å²) in [4.78, 5) is 43.8. The van der Waals surface area contributed by atoms with Crippen molar-refractivity contribution in [1.29, 1.82) is 0 Å². The first-order valence-corrected chi connectivity index (χ1v) is 10.3. The number of nitrogens with zero attached hydrogens (tertiary/aromatic N) is 3. The van der Waals surface area contributed by atoms with Crippen molar-refractivity contribution in [2.45, 2.75) is 6.42 Å². The van der Waals surface area contributed by atoms with Crippen LogP contribution in [0.25, 0.3) is 0 Å². The third-order valence-corrected chi connectivity index (χ3v) is 5.49. The second-order valence-corrected chi connectivity index (χ2v) is 7.58. The third-order valence-electron chi connectivity index (χ3n) is 4.69. The first kappa shape index (κ1) is 20.0. The summed E-state index contributed by atoms with van der Waals surface area (Å²) in [6.07, 6.45) is 0.151. The first-order chi connectivity index (χ1) is 14.5. The Morgan fingerprint density at radius 3 is 2.77 bits per heavy atom. The number of aromatic nitrogens is 1. The number of rotatable bonds is 6. The lowest BCUT2D eigenvalue weighted by Gasteiger charge is -2.22. The molecule has 4 amide bonds. The maximum absolute atomic E-state index is 12.8. The van der Waals surface area contributed by atoms with Gasteiger partial charge in [0.05, 0.1) is 12.1 Å². The summed E-state index contributed by atoms with van der Waals surface area (Å²) in [6, 6.07) is 5.12. The van der Waals surface area contributed by atoms with E-state index in [4.69, 9.17) is 9.47 Å². The fourth-order valence-corrected chi connectivity index (χ4v) is 3.93. The predicted octanol–water partition coefficient (Wildman–Crippen LogP) is 1.08. The van der Waals surface area contributed by atoms with Gasteiger partial charge in [-0.2, -0.15) is 0 Å². The zero-order valence-corrected chi connectivity index (χ0v) is 17.2. The molecule has 1 aromatic carbocycles. The highest BCUT2D eigenvalue weighted by molar-refractivity contribution is 7.13. The number of hydrogen-bond donors (Lipinski definition) is 2. The van der Waals surface area contributed by atoms with Crippen LogP contribution in [-0.2, 0) is 16.0 Å². The molecule has 0 spiro atoms. The van der Waals surface area contributed by atoms with Gasteiger partial charge in [-0.05, 0) is 12.1 Å². The van der Waals surface area contributed by atoms with Crippen molar-refractivity contribution in [3.8, 4) is 11.5 Å². The minimum absolute atomic E-state index is 0.0791. The van der Waals surface area contributed by atoms with E-state index in [2.05, 4.69) is 15.6 Å². The van der Waals surface area contributed by atoms with Crippen molar-refractivity contribution in [3.05, 3.63) is 29.3 Å². The lowest BCUT2D eigenvalue weighted by atomic mass is 10.2. The summed E-state index contributed by atoms with van der Waals surface area (Å²) in [5.41, 5.74) is 1.28. The molecule has 10 nitrogen and oxygen atoms in total. The molecule has 1 aromatic heterocycles. The van der Waals surface area contributed by atoms with Crippen LogP contribution in [0.15, 0.2) is 23.6 Å². The molecular formula is C19H21N5O5S. The minimum Gasteiger partial charge on any atom is -0.486 e. The molecule has 0 atom stereocenters. The topological polar surface area (TPSA) is 113 Å². The number of amides is 4. The van der Waals surface area contributed by atoms with E-state index in [0.29, 0.717) is 54.3 Å². The maximum Gasteiger partial charge on any atom is 0.325 e. The van der Waals surface area contributed by atoms with Gasteiger partial charge in [-0.1, -0.05) is 0 Å². The molecule has 0 unspecified atom stereocenters. The minimum atomic E-state index is -0.340.